The summed E-state index contributed by atoms with van der Waals surface area (Å²) in [7, 11) is -3.37. The van der Waals surface area contributed by atoms with Gasteiger partial charge in [-0.05, 0) is 38.3 Å². The first-order valence-electron chi connectivity index (χ1n) is 10.3. The van der Waals surface area contributed by atoms with Gasteiger partial charge in [0.25, 0.3) is 10.0 Å². The number of sulfonamides is 1. The van der Waals surface area contributed by atoms with Gasteiger partial charge in [-0.15, -0.1) is 11.3 Å². The number of aliphatic imine (C=N–C) groups is 1. The molecule has 0 amide bonds. The second kappa shape index (κ2) is 9.56. The molecule has 2 bridgehead atoms. The van der Waals surface area contributed by atoms with Gasteiger partial charge >= 0.3 is 0 Å². The van der Waals surface area contributed by atoms with E-state index in [-0.39, 0.29) is 0 Å². The van der Waals surface area contributed by atoms with Crippen LogP contribution in [0.1, 0.15) is 44.9 Å². The predicted octanol–water partition coefficient (Wildman–Crippen LogP) is 2.20. The van der Waals surface area contributed by atoms with Crippen molar-refractivity contribution in [1.29, 1.82) is 0 Å². The van der Waals surface area contributed by atoms with Crippen LogP contribution in [0.4, 0.5) is 0 Å². The van der Waals surface area contributed by atoms with Crippen molar-refractivity contribution in [3.05, 3.63) is 17.0 Å². The highest BCUT2D eigenvalue weighted by Crippen LogP contribution is 2.34. The zero-order valence-corrected chi connectivity index (χ0v) is 18.6. The highest BCUT2D eigenvalue weighted by atomic mass is 32.2. The maximum atomic E-state index is 12.6. The number of ether oxygens (including phenoxy) is 1. The van der Waals surface area contributed by atoms with Gasteiger partial charge in [0.1, 0.15) is 4.21 Å². The molecule has 0 spiro atoms. The molecule has 0 aliphatic carbocycles. The molecule has 1 aromatic heterocycles. The van der Waals surface area contributed by atoms with Gasteiger partial charge in [-0.3, -0.25) is 4.99 Å². The Balaban J connectivity index is 1.57. The molecule has 9 heteroatoms. The number of nitrogens with zero attached hydrogens (tertiary/aromatic N) is 2. The van der Waals surface area contributed by atoms with Crippen LogP contribution in [-0.4, -0.2) is 63.1 Å². The molecule has 2 N–H and O–H groups in total. The summed E-state index contributed by atoms with van der Waals surface area (Å²) in [5.74, 6) is 0.816. The van der Waals surface area contributed by atoms with Crippen LogP contribution in [0, 0.1) is 0 Å². The van der Waals surface area contributed by atoms with Crippen molar-refractivity contribution in [3.8, 4) is 0 Å². The molecule has 1 aromatic rings. The van der Waals surface area contributed by atoms with E-state index in [1.54, 1.807) is 6.07 Å². The number of hydrogen-bond donors (Lipinski definition) is 2. The first-order valence-corrected chi connectivity index (χ1v) is 12.5. The second-order valence-electron chi connectivity index (χ2n) is 7.18. The van der Waals surface area contributed by atoms with Crippen molar-refractivity contribution in [1.82, 2.24) is 14.9 Å². The summed E-state index contributed by atoms with van der Waals surface area (Å²) in [5.41, 5.74) is 0. The predicted molar refractivity (Wildman–Crippen MR) is 114 cm³/mol. The van der Waals surface area contributed by atoms with Crippen LogP contribution in [0.15, 0.2) is 21.3 Å². The van der Waals surface area contributed by atoms with Gasteiger partial charge in [0, 0.05) is 37.5 Å². The topological polar surface area (TPSA) is 83.0 Å². The molecule has 158 valence electrons. The zero-order valence-electron chi connectivity index (χ0n) is 17.0. The van der Waals surface area contributed by atoms with Crippen LogP contribution in [0.2, 0.25) is 0 Å². The molecule has 0 radical (unpaired) electrons. The summed E-state index contributed by atoms with van der Waals surface area (Å²) in [6, 6.07) is 3.96. The highest BCUT2D eigenvalue weighted by molar-refractivity contribution is 7.91. The maximum absolute atomic E-state index is 12.6. The van der Waals surface area contributed by atoms with E-state index in [1.165, 1.54) is 22.1 Å². The van der Waals surface area contributed by atoms with Crippen LogP contribution in [-0.2, 0) is 21.2 Å². The fourth-order valence-electron chi connectivity index (χ4n) is 3.89. The summed E-state index contributed by atoms with van der Waals surface area (Å²) in [6.45, 7) is 8.17. The number of rotatable bonds is 9. The van der Waals surface area contributed by atoms with E-state index in [0.29, 0.717) is 42.1 Å². The van der Waals surface area contributed by atoms with Crippen molar-refractivity contribution in [2.24, 2.45) is 4.99 Å². The van der Waals surface area contributed by atoms with E-state index in [9.17, 15) is 8.42 Å². The van der Waals surface area contributed by atoms with E-state index in [2.05, 4.69) is 22.5 Å². The van der Waals surface area contributed by atoms with Gasteiger partial charge in [-0.2, -0.15) is 4.31 Å². The lowest BCUT2D eigenvalue weighted by Gasteiger charge is -2.22. The lowest BCUT2D eigenvalue weighted by atomic mass is 9.96. The van der Waals surface area contributed by atoms with E-state index in [0.717, 1.165) is 36.6 Å². The molecule has 2 fully saturated rings. The third kappa shape index (κ3) is 4.87. The third-order valence-corrected chi connectivity index (χ3v) is 9.00. The molecule has 0 aromatic carbocycles. The number of nitrogens with one attached hydrogen (secondary N) is 2. The molecule has 7 nitrogen and oxygen atoms in total. The molecular formula is C19H32N4O3S2. The van der Waals surface area contributed by atoms with Gasteiger partial charge in [0.15, 0.2) is 5.96 Å². The zero-order chi connectivity index (χ0) is 20.1. The van der Waals surface area contributed by atoms with Crippen LogP contribution in [0.25, 0.3) is 0 Å². The molecule has 3 unspecified atom stereocenters. The number of fused-ring (bicyclic) bond motifs is 2. The average molecular weight is 429 g/mol. The van der Waals surface area contributed by atoms with Crippen molar-refractivity contribution in [2.45, 2.75) is 68.9 Å². The Hall–Kier alpha value is -1.16. The van der Waals surface area contributed by atoms with Crippen LogP contribution >= 0.6 is 11.3 Å². The molecule has 3 rings (SSSR count). The van der Waals surface area contributed by atoms with Gasteiger partial charge < -0.3 is 15.4 Å². The lowest BCUT2D eigenvalue weighted by Crippen LogP contribution is -2.47. The van der Waals surface area contributed by atoms with Gasteiger partial charge in [0.2, 0.25) is 0 Å². The van der Waals surface area contributed by atoms with Crippen molar-refractivity contribution in [3.63, 3.8) is 0 Å². The third-order valence-electron chi connectivity index (χ3n) is 5.34. The van der Waals surface area contributed by atoms with Gasteiger partial charge in [0.05, 0.1) is 18.2 Å². The molecular weight excluding hydrogens is 396 g/mol. The molecule has 2 aliphatic heterocycles. The average Bonchev–Trinajstić information content (AvgIpc) is 3.39. The van der Waals surface area contributed by atoms with Gasteiger partial charge in [-0.25, -0.2) is 8.42 Å². The Bertz CT molecular complexity index is 774. The lowest BCUT2D eigenvalue weighted by molar-refractivity contribution is 0.0992. The van der Waals surface area contributed by atoms with Crippen molar-refractivity contribution in [2.75, 3.05) is 26.2 Å². The van der Waals surface area contributed by atoms with Crippen LogP contribution in [0.5, 0.6) is 0 Å². The quantitative estimate of drug-likeness (QED) is 0.465. The van der Waals surface area contributed by atoms with E-state index < -0.39 is 10.0 Å². The smallest absolute Gasteiger partial charge is 0.252 e. The monoisotopic (exact) mass is 428 g/mol. The molecule has 3 atom stereocenters. The van der Waals surface area contributed by atoms with E-state index in [4.69, 9.17) is 4.74 Å². The molecule has 0 saturated carbocycles. The largest absolute Gasteiger partial charge is 0.373 e. The summed E-state index contributed by atoms with van der Waals surface area (Å²) < 4.78 is 33.0. The Morgan fingerprint density at radius 1 is 1.29 bits per heavy atom. The fourth-order valence-corrected chi connectivity index (χ4v) is 6.84. The van der Waals surface area contributed by atoms with Crippen LogP contribution in [0.3, 0.4) is 0 Å². The number of hydrogen-bond acceptors (Lipinski definition) is 5. The SMILES string of the molecule is CCNC(=NCCc1ccc(S(=O)(=O)N(CC)CC)s1)NC1CC2CCC1O2. The minimum Gasteiger partial charge on any atom is -0.373 e. The fraction of sp³-hybridized carbons (Fsp3) is 0.737. The summed E-state index contributed by atoms with van der Waals surface area (Å²) in [4.78, 5) is 5.72. The Morgan fingerprint density at radius 2 is 2.07 bits per heavy atom. The molecule has 3 heterocycles. The second-order valence-corrected chi connectivity index (χ2v) is 10.5. The number of thiophene rings is 1. The Kier molecular flexibility index (Phi) is 7.36. The summed E-state index contributed by atoms with van der Waals surface area (Å²) >= 11 is 1.35. The summed E-state index contributed by atoms with van der Waals surface area (Å²) in [5, 5.41) is 6.81. The Labute approximate surface area is 172 Å². The normalized spacial score (nSPS) is 24.9. The molecule has 2 saturated heterocycles. The first-order chi connectivity index (χ1) is 13.5. The molecule has 28 heavy (non-hydrogen) atoms. The van der Waals surface area contributed by atoms with E-state index in [1.807, 2.05) is 19.9 Å². The standard InChI is InChI=1S/C19H32N4O3S2/c1-4-20-19(22-16-13-14-7-9-17(16)26-14)21-12-11-15-8-10-18(27-15)28(24,25)23(5-2)6-3/h8,10,14,16-17H,4-7,9,11-13H2,1-3H3,(H2,20,21,22). The van der Waals surface area contributed by atoms with Crippen molar-refractivity contribution < 1.29 is 13.2 Å². The van der Waals surface area contributed by atoms with Crippen molar-refractivity contribution >= 4 is 27.3 Å². The Morgan fingerprint density at radius 3 is 2.68 bits per heavy atom. The summed E-state index contributed by atoms with van der Waals surface area (Å²) in [6.07, 6.45) is 4.78. The van der Waals surface area contributed by atoms with E-state index >= 15 is 0 Å². The minimum absolute atomic E-state index is 0.305. The maximum Gasteiger partial charge on any atom is 0.252 e. The molecule has 2 aliphatic rings. The van der Waals surface area contributed by atoms with Gasteiger partial charge in [-0.1, -0.05) is 13.8 Å². The minimum atomic E-state index is -3.37. The highest BCUT2D eigenvalue weighted by Gasteiger charge is 2.41. The number of guanidine groups is 1. The van der Waals surface area contributed by atoms with Crippen LogP contribution < -0.4 is 10.6 Å². The first kappa shape index (κ1) is 21.5.